The Morgan fingerprint density at radius 2 is 0.962 bits per heavy atom. The van der Waals surface area contributed by atoms with Gasteiger partial charge in [0.1, 0.15) is 0 Å². The molecule has 15 nitrogen and oxygen atoms in total. The van der Waals surface area contributed by atoms with E-state index >= 15 is 13.7 Å². The lowest BCUT2D eigenvalue weighted by Gasteiger charge is -2.43. The van der Waals surface area contributed by atoms with E-state index in [1.807, 2.05) is 0 Å². The number of fused-ring (bicyclic) bond motifs is 1. The normalized spacial score (nSPS) is 17.1. The fraction of sp³-hybridized carbons (Fsp3) is 0.294. The molecule has 1 aliphatic heterocycles. The second-order valence-corrected chi connectivity index (χ2v) is 17.9. The average molecular weight is 773 g/mol. The van der Waals surface area contributed by atoms with Crippen LogP contribution in [0.2, 0.25) is 0 Å². The summed E-state index contributed by atoms with van der Waals surface area (Å²) in [4.78, 5) is 22.9. The Kier molecular flexibility index (Phi) is 12.2. The summed E-state index contributed by atoms with van der Waals surface area (Å²) in [5.41, 5.74) is -0.0179. The third kappa shape index (κ3) is 7.23. The molecule has 0 fully saturated rings. The Labute approximate surface area is 301 Å². The van der Waals surface area contributed by atoms with Crippen LogP contribution in [0.25, 0.3) is 0 Å². The number of rotatable bonds is 17. The van der Waals surface area contributed by atoms with E-state index in [1.165, 1.54) is 57.9 Å². The van der Waals surface area contributed by atoms with Gasteiger partial charge in [-0.05, 0) is 63.1 Å². The first-order chi connectivity index (χ1) is 24.9. The van der Waals surface area contributed by atoms with Gasteiger partial charge >= 0.3 is 15.2 Å². The van der Waals surface area contributed by atoms with Crippen LogP contribution in [0, 0.1) is 20.2 Å². The first-order valence-electron chi connectivity index (χ1n) is 16.5. The smallest absolute Gasteiger partial charge is 0.307 e. The van der Waals surface area contributed by atoms with Gasteiger partial charge in [-0.25, -0.2) is 0 Å². The van der Waals surface area contributed by atoms with Crippen LogP contribution in [0.1, 0.15) is 50.4 Å². The van der Waals surface area contributed by atoms with Crippen LogP contribution < -0.4 is 14.6 Å². The van der Waals surface area contributed by atoms with Crippen LogP contribution in [0.5, 0.6) is 0 Å². The maximum absolute atomic E-state index is 16.8. The lowest BCUT2D eigenvalue weighted by Crippen LogP contribution is -2.37. The van der Waals surface area contributed by atoms with Gasteiger partial charge in [0.15, 0.2) is 11.6 Å². The molecular formula is C34H39N4O11P3. The van der Waals surface area contributed by atoms with Crippen LogP contribution >= 0.6 is 22.6 Å². The van der Waals surface area contributed by atoms with Crippen molar-refractivity contribution in [3.63, 3.8) is 0 Å². The Bertz CT molecular complexity index is 1930. The summed E-state index contributed by atoms with van der Waals surface area (Å²) in [6.45, 7) is 6.03. The summed E-state index contributed by atoms with van der Waals surface area (Å²) >= 11 is 0. The lowest BCUT2D eigenvalue weighted by atomic mass is 10.1. The van der Waals surface area contributed by atoms with Crippen LogP contribution in [-0.4, -0.2) is 36.3 Å². The predicted molar refractivity (Wildman–Crippen MR) is 198 cm³/mol. The van der Waals surface area contributed by atoms with Gasteiger partial charge in [-0.3, -0.25) is 43.3 Å². The van der Waals surface area contributed by atoms with E-state index in [9.17, 15) is 20.2 Å². The average Bonchev–Trinajstić information content (AvgIpc) is 3.37. The number of nitrogens with zero attached hydrogens (tertiary/aromatic N) is 4. The monoisotopic (exact) mass is 772 g/mol. The summed E-state index contributed by atoms with van der Waals surface area (Å²) < 4.78 is 73.6. The molecule has 0 aromatic heterocycles. The number of para-hydroxylation sites is 2. The molecule has 0 aliphatic carbocycles. The number of nitro benzene ring substituents is 2. The molecule has 0 saturated heterocycles. The Balaban J connectivity index is 1.96. The largest absolute Gasteiger partial charge is 0.357 e. The molecule has 4 aromatic rings. The van der Waals surface area contributed by atoms with Crippen LogP contribution in [-0.2, 0) is 31.8 Å². The zero-order chi connectivity index (χ0) is 37.7. The molecule has 0 N–H and O–H groups in total. The Hall–Kier alpha value is -4.19. The van der Waals surface area contributed by atoms with Crippen LogP contribution in [0.4, 0.5) is 22.7 Å². The van der Waals surface area contributed by atoms with Gasteiger partial charge in [-0.15, -0.1) is 0 Å². The molecule has 52 heavy (non-hydrogen) atoms. The number of hydrogen-bond acceptors (Lipinski definition) is 11. The second-order valence-electron chi connectivity index (χ2n) is 11.3. The van der Waals surface area contributed by atoms with Crippen molar-refractivity contribution >= 4 is 50.7 Å². The van der Waals surface area contributed by atoms with Crippen molar-refractivity contribution in [2.45, 2.75) is 39.3 Å². The fourth-order valence-electron chi connectivity index (χ4n) is 6.27. The van der Waals surface area contributed by atoms with Gasteiger partial charge in [-0.2, -0.15) is 0 Å². The van der Waals surface area contributed by atoms with E-state index in [-0.39, 0.29) is 65.6 Å². The minimum absolute atomic E-state index is 0.0944. The highest BCUT2D eigenvalue weighted by Gasteiger charge is 2.61. The fourth-order valence-corrected chi connectivity index (χ4v) is 14.9. The molecule has 0 radical (unpaired) electrons. The number of anilines is 2. The molecule has 4 aromatic carbocycles. The quantitative estimate of drug-likeness (QED) is 0.0563. The Morgan fingerprint density at radius 1 is 0.596 bits per heavy atom. The number of hydrogen-bond donors (Lipinski definition) is 0. The number of nitro groups is 2. The van der Waals surface area contributed by atoms with Crippen molar-refractivity contribution in [3.8, 4) is 0 Å². The van der Waals surface area contributed by atoms with Crippen LogP contribution in [0.15, 0.2) is 103 Å². The molecule has 1 aliphatic rings. The first kappa shape index (κ1) is 39.0. The van der Waals surface area contributed by atoms with Crippen molar-refractivity contribution in [2.75, 3.05) is 35.8 Å². The second kappa shape index (κ2) is 16.2. The molecule has 1 heterocycles. The van der Waals surface area contributed by atoms with Crippen molar-refractivity contribution in [3.05, 3.63) is 134 Å². The van der Waals surface area contributed by atoms with E-state index in [4.69, 9.17) is 18.1 Å². The number of non-ortho nitro benzene ring substituents is 2. The summed E-state index contributed by atoms with van der Waals surface area (Å²) in [7, 11) is -13.4. The molecule has 0 saturated carbocycles. The third-order valence-electron chi connectivity index (χ3n) is 8.11. The molecule has 18 heteroatoms. The van der Waals surface area contributed by atoms with Crippen molar-refractivity contribution in [1.29, 1.82) is 0 Å². The van der Waals surface area contributed by atoms with Gasteiger partial charge < -0.3 is 18.1 Å². The maximum atomic E-state index is 16.8. The Morgan fingerprint density at radius 3 is 1.31 bits per heavy atom. The van der Waals surface area contributed by atoms with Gasteiger partial charge in [0.25, 0.3) is 18.8 Å². The molecule has 5 rings (SSSR count). The molecule has 0 bridgehead atoms. The number of benzene rings is 4. The van der Waals surface area contributed by atoms with E-state index in [1.54, 1.807) is 82.3 Å². The van der Waals surface area contributed by atoms with Crippen LogP contribution in [0.3, 0.4) is 0 Å². The lowest BCUT2D eigenvalue weighted by molar-refractivity contribution is -0.385. The molecular weight excluding hydrogens is 733 g/mol. The summed E-state index contributed by atoms with van der Waals surface area (Å²) in [6.07, 6.45) is 0. The first-order valence-corrected chi connectivity index (χ1v) is 21.3. The summed E-state index contributed by atoms with van der Waals surface area (Å²) in [5, 5.41) is 24.3. The van der Waals surface area contributed by atoms with E-state index < -0.39 is 44.0 Å². The van der Waals surface area contributed by atoms with Crippen molar-refractivity contribution < 1.29 is 41.6 Å². The highest BCUT2D eigenvalue weighted by atomic mass is 31.2. The van der Waals surface area contributed by atoms with Gasteiger partial charge in [0.2, 0.25) is 0 Å². The highest BCUT2D eigenvalue weighted by molar-refractivity contribution is 7.76. The van der Waals surface area contributed by atoms with E-state index in [0.717, 1.165) is 0 Å². The zero-order valence-corrected chi connectivity index (χ0v) is 31.6. The third-order valence-corrected chi connectivity index (χ3v) is 16.2. The molecule has 2 unspecified atom stereocenters. The van der Waals surface area contributed by atoms with Crippen molar-refractivity contribution in [2.24, 2.45) is 0 Å². The molecule has 0 amide bonds. The van der Waals surface area contributed by atoms with Crippen molar-refractivity contribution in [1.82, 2.24) is 0 Å². The molecule has 276 valence electrons. The van der Waals surface area contributed by atoms with Gasteiger partial charge in [0, 0.05) is 24.3 Å². The van der Waals surface area contributed by atoms with Gasteiger partial charge in [-0.1, -0.05) is 54.6 Å². The summed E-state index contributed by atoms with van der Waals surface area (Å²) in [6, 6.07) is 25.6. The minimum Gasteiger partial charge on any atom is -0.307 e. The molecule has 0 spiro atoms. The van der Waals surface area contributed by atoms with E-state index in [0.29, 0.717) is 0 Å². The standard InChI is InChI=1S/C34H39N4O11P3/c1-5-46-51(44,47-6-2)33(26-16-14-18-28(24-26)37(39)40)35-31-22-12-13-23-32(31)36(50(35,43)30-20-10-9-11-21-30)34(52(45,48-7-3)49-8-4)27-17-15-19-29(25-27)38(41)42/h9-25,33-34H,5-8H2,1-4H3. The topological polar surface area (TPSA) is 181 Å². The minimum atomic E-state index is -4.57. The highest BCUT2D eigenvalue weighted by Crippen LogP contribution is 2.79. The predicted octanol–water partition coefficient (Wildman–Crippen LogP) is 9.58. The summed E-state index contributed by atoms with van der Waals surface area (Å²) in [5.74, 6) is -3.15. The maximum Gasteiger partial charge on any atom is 0.357 e. The van der Waals surface area contributed by atoms with E-state index in [2.05, 4.69) is 0 Å². The van der Waals surface area contributed by atoms with Gasteiger partial charge in [0.05, 0.1) is 53.0 Å². The SMILES string of the molecule is CCOP(=O)(OCC)C(c1cccc([N+](=O)[O-])c1)N1c2ccccc2N(C(c2cccc([N+](=O)[O-])c2)P(=O)(OCC)OCC)P1(=O)c1ccccc1. The zero-order valence-electron chi connectivity index (χ0n) is 28.9. The molecule has 2 atom stereocenters.